The third kappa shape index (κ3) is 5.32. The number of nitrogens with two attached hydrogens (primary N) is 1. The quantitative estimate of drug-likeness (QED) is 0.309. The maximum Gasteiger partial charge on any atom is 0.573 e. The van der Waals surface area contributed by atoms with Gasteiger partial charge in [0, 0.05) is 17.8 Å². The number of alkyl halides is 3. The second-order valence-electron chi connectivity index (χ2n) is 9.06. The highest BCUT2D eigenvalue weighted by Gasteiger charge is 2.64. The Labute approximate surface area is 207 Å². The molecule has 1 aromatic heterocycles. The molecule has 1 saturated heterocycles. The monoisotopic (exact) mass is 522 g/mol. The van der Waals surface area contributed by atoms with E-state index in [1.54, 1.807) is 0 Å². The van der Waals surface area contributed by atoms with E-state index in [2.05, 4.69) is 20.4 Å². The molecule has 3 amide bonds. The molecule has 0 bridgehead atoms. The summed E-state index contributed by atoms with van der Waals surface area (Å²) in [5.41, 5.74) is 4.19. The number of rotatable bonds is 8. The third-order valence-electron chi connectivity index (χ3n) is 6.44. The lowest BCUT2D eigenvalue weighted by atomic mass is 10.0. The number of pyridine rings is 1. The maximum atomic E-state index is 14.5. The van der Waals surface area contributed by atoms with Crippen LogP contribution in [0, 0.1) is 16.6 Å². The van der Waals surface area contributed by atoms with E-state index in [9.17, 15) is 31.9 Å². The number of nitrogens with one attached hydrogen (secondary N) is 3. The number of nitrogens with zero attached hydrogens (tertiary/aromatic N) is 2. The molecule has 2 fully saturated rings. The van der Waals surface area contributed by atoms with E-state index in [1.165, 1.54) is 23.4 Å². The average Bonchev–Trinajstić information content (AvgIpc) is 3.38. The van der Waals surface area contributed by atoms with E-state index < -0.39 is 53.1 Å². The summed E-state index contributed by atoms with van der Waals surface area (Å²) in [7, 11) is 0. The van der Waals surface area contributed by atoms with Crippen LogP contribution in [0.25, 0.3) is 0 Å². The Kier molecular flexibility index (Phi) is 6.52. The van der Waals surface area contributed by atoms with E-state index in [0.717, 1.165) is 18.2 Å². The van der Waals surface area contributed by atoms with Gasteiger partial charge in [-0.3, -0.25) is 24.8 Å². The molecule has 2 heterocycles. The summed E-state index contributed by atoms with van der Waals surface area (Å²) in [5.74, 6) is -4.72. The molecule has 5 N–H and O–H groups in total. The predicted octanol–water partition coefficient (Wildman–Crippen LogP) is 2.40. The van der Waals surface area contributed by atoms with Gasteiger partial charge in [0.25, 0.3) is 5.91 Å². The summed E-state index contributed by atoms with van der Waals surface area (Å²) < 4.78 is 55.8. The maximum absolute atomic E-state index is 14.5. The summed E-state index contributed by atoms with van der Waals surface area (Å²) in [6.07, 6.45) is -1.53. The van der Waals surface area contributed by atoms with E-state index in [0.29, 0.717) is 6.42 Å². The zero-order valence-corrected chi connectivity index (χ0v) is 19.4. The summed E-state index contributed by atoms with van der Waals surface area (Å²) in [6, 6.07) is 3.08. The van der Waals surface area contributed by atoms with Crippen molar-refractivity contribution in [2.24, 2.45) is 11.1 Å². The number of ether oxygens (including phenoxy) is 1. The Morgan fingerprint density at radius 1 is 1.24 bits per heavy atom. The zero-order valence-electron chi connectivity index (χ0n) is 19.4. The van der Waals surface area contributed by atoms with E-state index in [4.69, 9.17) is 11.1 Å². The van der Waals surface area contributed by atoms with Crippen molar-refractivity contribution in [3.05, 3.63) is 48.0 Å². The van der Waals surface area contributed by atoms with Gasteiger partial charge in [-0.25, -0.2) is 4.39 Å². The molecule has 0 spiro atoms. The van der Waals surface area contributed by atoms with Crippen molar-refractivity contribution in [2.45, 2.75) is 38.2 Å². The van der Waals surface area contributed by atoms with Crippen LogP contribution in [0.2, 0.25) is 0 Å². The highest BCUT2D eigenvalue weighted by molar-refractivity contribution is 6.44. The molecule has 4 rings (SSSR count). The van der Waals surface area contributed by atoms with Crippen LogP contribution >= 0.6 is 0 Å². The SMILES string of the molecule is C[C@@]12C[C@@H](C(=O)Nc3cccc(OC(F)(F)F)c3F)N(C(=O)CNc3cnccc3C(=N)C(N)=O)[C@@H]1C2. The number of hydrogen-bond donors (Lipinski definition) is 4. The van der Waals surface area contributed by atoms with Gasteiger partial charge in [-0.1, -0.05) is 13.0 Å². The number of primary amides is 1. The average molecular weight is 522 g/mol. The second-order valence-corrected chi connectivity index (χ2v) is 9.06. The van der Waals surface area contributed by atoms with Gasteiger partial charge in [-0.15, -0.1) is 13.2 Å². The highest BCUT2D eigenvalue weighted by Crippen LogP contribution is 2.59. The Morgan fingerprint density at radius 3 is 2.65 bits per heavy atom. The Hall–Kier alpha value is -4.23. The van der Waals surface area contributed by atoms with Gasteiger partial charge < -0.3 is 26.0 Å². The van der Waals surface area contributed by atoms with Crippen LogP contribution in [0.1, 0.15) is 25.3 Å². The van der Waals surface area contributed by atoms with Gasteiger partial charge in [0.2, 0.25) is 11.8 Å². The molecule has 3 atom stereocenters. The summed E-state index contributed by atoms with van der Waals surface area (Å²) in [4.78, 5) is 42.9. The fourth-order valence-corrected chi connectivity index (χ4v) is 4.54. The molecule has 14 heteroatoms. The third-order valence-corrected chi connectivity index (χ3v) is 6.44. The normalized spacial score (nSPS) is 22.1. The van der Waals surface area contributed by atoms with Crippen molar-refractivity contribution < 1.29 is 36.7 Å². The minimum atomic E-state index is -5.12. The predicted molar refractivity (Wildman–Crippen MR) is 122 cm³/mol. The highest BCUT2D eigenvalue weighted by atomic mass is 19.4. The van der Waals surface area contributed by atoms with Gasteiger partial charge in [0.15, 0.2) is 11.6 Å². The number of carbonyl (C=O) groups excluding carboxylic acids is 3. The Bertz CT molecular complexity index is 1290. The lowest BCUT2D eigenvalue weighted by Gasteiger charge is -2.27. The van der Waals surface area contributed by atoms with Gasteiger partial charge in [-0.2, -0.15) is 0 Å². The van der Waals surface area contributed by atoms with Gasteiger partial charge in [0.1, 0.15) is 11.8 Å². The first-order valence-electron chi connectivity index (χ1n) is 11.0. The van der Waals surface area contributed by atoms with Crippen molar-refractivity contribution in [3.63, 3.8) is 0 Å². The molecule has 10 nitrogen and oxygen atoms in total. The number of likely N-dealkylation sites (tertiary alicyclic amines) is 1. The summed E-state index contributed by atoms with van der Waals surface area (Å²) in [6.45, 7) is 1.58. The summed E-state index contributed by atoms with van der Waals surface area (Å²) in [5, 5.41) is 12.9. The molecule has 37 heavy (non-hydrogen) atoms. The molecule has 1 aromatic carbocycles. The van der Waals surface area contributed by atoms with Crippen molar-refractivity contribution in [1.29, 1.82) is 5.41 Å². The van der Waals surface area contributed by atoms with Crippen LogP contribution in [-0.2, 0) is 14.4 Å². The lowest BCUT2D eigenvalue weighted by molar-refractivity contribution is -0.275. The zero-order chi connectivity index (χ0) is 27.1. The number of amides is 3. The fraction of sp³-hybridized carbons (Fsp3) is 0.348. The number of benzene rings is 1. The molecule has 1 aliphatic carbocycles. The number of anilines is 2. The van der Waals surface area contributed by atoms with Crippen LogP contribution in [-0.4, -0.2) is 58.3 Å². The Balaban J connectivity index is 1.48. The molecule has 2 aliphatic rings. The topological polar surface area (TPSA) is 150 Å². The minimum absolute atomic E-state index is 0.138. The molecular formula is C23H22F4N6O4. The van der Waals surface area contributed by atoms with Crippen LogP contribution in [0.4, 0.5) is 28.9 Å². The first-order valence-corrected chi connectivity index (χ1v) is 11.0. The van der Waals surface area contributed by atoms with Crippen LogP contribution in [0.3, 0.4) is 0 Å². The number of aromatic nitrogens is 1. The largest absolute Gasteiger partial charge is 0.573 e. The van der Waals surface area contributed by atoms with Crippen LogP contribution in [0.15, 0.2) is 36.7 Å². The van der Waals surface area contributed by atoms with Crippen molar-refractivity contribution in [2.75, 3.05) is 17.2 Å². The number of fused-ring (bicyclic) bond motifs is 1. The van der Waals surface area contributed by atoms with Crippen molar-refractivity contribution in [1.82, 2.24) is 9.88 Å². The minimum Gasteiger partial charge on any atom is -0.403 e. The van der Waals surface area contributed by atoms with Crippen molar-refractivity contribution >= 4 is 34.8 Å². The van der Waals surface area contributed by atoms with Gasteiger partial charge >= 0.3 is 6.36 Å². The number of carbonyl (C=O) groups is 3. The number of halogens is 4. The second kappa shape index (κ2) is 9.33. The number of hydrogen-bond acceptors (Lipinski definition) is 7. The molecule has 1 saturated carbocycles. The summed E-state index contributed by atoms with van der Waals surface area (Å²) >= 11 is 0. The van der Waals surface area contributed by atoms with E-state index >= 15 is 0 Å². The van der Waals surface area contributed by atoms with Crippen LogP contribution < -0.4 is 21.1 Å². The van der Waals surface area contributed by atoms with Crippen LogP contribution in [0.5, 0.6) is 5.75 Å². The van der Waals surface area contributed by atoms with Gasteiger partial charge in [0.05, 0.1) is 24.1 Å². The first kappa shape index (κ1) is 25.9. The molecule has 2 aromatic rings. The number of piperidine rings is 1. The van der Waals surface area contributed by atoms with E-state index in [-0.39, 0.29) is 35.7 Å². The molecule has 0 radical (unpaired) electrons. The standard InChI is InChI=1S/C23H22F4N6O4/c1-22-7-14(21(36)32-12-3-2-4-15(18(12)24)37-23(25,26)27)33(16(22)8-22)17(34)10-31-13-9-30-6-5-11(13)19(28)20(29)35/h2-6,9,14,16,28,31H,7-8,10H2,1H3,(H2,29,35)(H,32,36)/t14-,16+,22-/m0/s1. The van der Waals surface area contributed by atoms with E-state index in [1.807, 2.05) is 6.92 Å². The molecule has 196 valence electrons. The Morgan fingerprint density at radius 2 is 1.97 bits per heavy atom. The smallest absolute Gasteiger partial charge is 0.403 e. The lowest BCUT2D eigenvalue weighted by Crippen LogP contribution is -2.47. The van der Waals surface area contributed by atoms with Gasteiger partial charge in [-0.05, 0) is 36.5 Å². The molecular weight excluding hydrogens is 500 g/mol. The molecule has 0 unspecified atom stereocenters. The first-order chi connectivity index (χ1) is 17.3. The van der Waals surface area contributed by atoms with Crippen molar-refractivity contribution in [3.8, 4) is 5.75 Å². The molecule has 1 aliphatic heterocycles. The fourth-order valence-electron chi connectivity index (χ4n) is 4.54.